The first kappa shape index (κ1) is 24.0. The zero-order valence-corrected chi connectivity index (χ0v) is 19.3. The number of benzene rings is 1. The first-order chi connectivity index (χ1) is 14.2. The fraction of sp³-hybridized carbons (Fsp3) is 0.652. The number of piperidine rings is 1. The van der Waals surface area contributed by atoms with Crippen LogP contribution in [-0.2, 0) is 4.79 Å². The Bertz CT molecular complexity index is 712. The Hall–Kier alpha value is -2.28. The van der Waals surface area contributed by atoms with Crippen molar-refractivity contribution in [2.24, 2.45) is 11.8 Å². The first-order valence-corrected chi connectivity index (χ1v) is 10.9. The number of hydrogen-bond acceptors (Lipinski definition) is 4. The van der Waals surface area contributed by atoms with E-state index in [0.29, 0.717) is 29.9 Å². The number of carbonyl (C=O) groups is 2. The number of nitrogens with one attached hydrogen (secondary N) is 2. The Morgan fingerprint density at radius 2 is 1.90 bits per heavy atom. The molecule has 7 heteroatoms. The summed E-state index contributed by atoms with van der Waals surface area (Å²) in [5.41, 5.74) is 1.55. The number of aryl methyl sites for hydroxylation is 1. The number of ether oxygens (including phenoxy) is 1. The number of likely N-dealkylation sites (N-methyl/N-ethyl adjacent to an activating group) is 1. The van der Waals surface area contributed by atoms with Gasteiger partial charge in [-0.15, -0.1) is 0 Å². The molecule has 1 aromatic rings. The fourth-order valence-corrected chi connectivity index (χ4v) is 3.63. The van der Waals surface area contributed by atoms with Gasteiger partial charge in [-0.1, -0.05) is 26.8 Å². The predicted molar refractivity (Wildman–Crippen MR) is 121 cm³/mol. The summed E-state index contributed by atoms with van der Waals surface area (Å²) in [6.45, 7) is 11.4. The number of amides is 3. The second kappa shape index (κ2) is 11.2. The van der Waals surface area contributed by atoms with Crippen molar-refractivity contribution in [2.45, 2.75) is 46.6 Å². The van der Waals surface area contributed by atoms with Gasteiger partial charge in [-0.3, -0.25) is 9.69 Å². The molecule has 168 valence electrons. The lowest BCUT2D eigenvalue weighted by Gasteiger charge is -2.38. The quantitative estimate of drug-likeness (QED) is 0.679. The van der Waals surface area contributed by atoms with Crippen molar-refractivity contribution in [1.82, 2.24) is 15.1 Å². The molecule has 2 rings (SSSR count). The topological polar surface area (TPSA) is 73.9 Å². The molecule has 1 aliphatic heterocycles. The molecule has 1 saturated heterocycles. The minimum absolute atomic E-state index is 0.0739. The molecule has 0 aromatic heterocycles. The highest BCUT2D eigenvalue weighted by molar-refractivity contribution is 5.91. The maximum Gasteiger partial charge on any atom is 0.319 e. The van der Waals surface area contributed by atoms with Crippen molar-refractivity contribution < 1.29 is 14.3 Å². The molecule has 1 unspecified atom stereocenters. The van der Waals surface area contributed by atoms with E-state index < -0.39 is 0 Å². The maximum absolute atomic E-state index is 12.6. The minimum Gasteiger partial charge on any atom is -0.482 e. The number of urea groups is 1. The van der Waals surface area contributed by atoms with Gasteiger partial charge in [0, 0.05) is 26.7 Å². The SMILES string of the molecule is Cc1ccc(NC(=O)NCC(C(C)C)N2CCC(C)CC2)c(OCC(=O)N(C)C)c1. The molecule has 0 radical (unpaired) electrons. The third-order valence-electron chi connectivity index (χ3n) is 5.76. The average molecular weight is 419 g/mol. The Morgan fingerprint density at radius 1 is 1.23 bits per heavy atom. The van der Waals surface area contributed by atoms with Gasteiger partial charge in [-0.2, -0.15) is 0 Å². The summed E-state index contributed by atoms with van der Waals surface area (Å²) >= 11 is 0. The highest BCUT2D eigenvalue weighted by Crippen LogP contribution is 2.26. The number of hydrogen-bond donors (Lipinski definition) is 2. The van der Waals surface area contributed by atoms with Crippen molar-refractivity contribution in [3.63, 3.8) is 0 Å². The number of likely N-dealkylation sites (tertiary alicyclic amines) is 1. The number of anilines is 1. The van der Waals surface area contributed by atoms with Crippen molar-refractivity contribution in [1.29, 1.82) is 0 Å². The monoisotopic (exact) mass is 418 g/mol. The van der Waals surface area contributed by atoms with Crippen LogP contribution in [0, 0.1) is 18.8 Å². The number of rotatable bonds is 8. The van der Waals surface area contributed by atoms with Gasteiger partial charge in [-0.05, 0) is 62.4 Å². The molecular formula is C23H38N4O3. The smallest absolute Gasteiger partial charge is 0.319 e. The van der Waals surface area contributed by atoms with Crippen LogP contribution < -0.4 is 15.4 Å². The molecule has 1 fully saturated rings. The predicted octanol–water partition coefficient (Wildman–Crippen LogP) is 3.34. The summed E-state index contributed by atoms with van der Waals surface area (Å²) in [5, 5.41) is 5.90. The highest BCUT2D eigenvalue weighted by Gasteiger charge is 2.26. The molecule has 2 N–H and O–H groups in total. The molecule has 1 aromatic carbocycles. The van der Waals surface area contributed by atoms with E-state index >= 15 is 0 Å². The van der Waals surface area contributed by atoms with Crippen LogP contribution in [0.5, 0.6) is 5.75 Å². The Balaban J connectivity index is 1.95. The second-order valence-electron chi connectivity index (χ2n) is 8.94. The summed E-state index contributed by atoms with van der Waals surface area (Å²) in [7, 11) is 3.37. The van der Waals surface area contributed by atoms with E-state index in [9.17, 15) is 9.59 Å². The third-order valence-corrected chi connectivity index (χ3v) is 5.76. The first-order valence-electron chi connectivity index (χ1n) is 10.9. The average Bonchev–Trinajstić information content (AvgIpc) is 2.69. The van der Waals surface area contributed by atoms with E-state index in [2.05, 4.69) is 36.3 Å². The minimum atomic E-state index is -0.265. The van der Waals surface area contributed by atoms with Gasteiger partial charge in [0.25, 0.3) is 5.91 Å². The summed E-state index contributed by atoms with van der Waals surface area (Å²) in [4.78, 5) is 28.4. The normalized spacial score (nSPS) is 16.2. The largest absolute Gasteiger partial charge is 0.482 e. The molecule has 0 bridgehead atoms. The fourth-order valence-electron chi connectivity index (χ4n) is 3.63. The van der Waals surface area contributed by atoms with Crippen LogP contribution >= 0.6 is 0 Å². The van der Waals surface area contributed by atoms with Crippen molar-refractivity contribution >= 4 is 17.6 Å². The van der Waals surface area contributed by atoms with Gasteiger partial charge in [0.1, 0.15) is 5.75 Å². The molecule has 0 aliphatic carbocycles. The van der Waals surface area contributed by atoms with Gasteiger partial charge in [0.05, 0.1) is 5.69 Å². The van der Waals surface area contributed by atoms with E-state index in [1.165, 1.54) is 17.7 Å². The molecule has 1 aliphatic rings. The Morgan fingerprint density at radius 3 is 2.50 bits per heavy atom. The molecule has 1 atom stereocenters. The lowest BCUT2D eigenvalue weighted by Crippen LogP contribution is -2.50. The van der Waals surface area contributed by atoms with Gasteiger partial charge < -0.3 is 20.3 Å². The van der Waals surface area contributed by atoms with Gasteiger partial charge in [-0.25, -0.2) is 4.79 Å². The van der Waals surface area contributed by atoms with Crippen LogP contribution in [0.3, 0.4) is 0 Å². The van der Waals surface area contributed by atoms with Crippen molar-refractivity contribution in [2.75, 3.05) is 45.7 Å². The van der Waals surface area contributed by atoms with Gasteiger partial charge in [0.15, 0.2) is 6.61 Å². The molecule has 30 heavy (non-hydrogen) atoms. The maximum atomic E-state index is 12.6. The highest BCUT2D eigenvalue weighted by atomic mass is 16.5. The molecule has 7 nitrogen and oxygen atoms in total. The van der Waals surface area contributed by atoms with Crippen LogP contribution in [0.4, 0.5) is 10.5 Å². The van der Waals surface area contributed by atoms with E-state index in [1.54, 1.807) is 20.2 Å². The van der Waals surface area contributed by atoms with Crippen molar-refractivity contribution in [3.8, 4) is 5.75 Å². The zero-order valence-electron chi connectivity index (χ0n) is 19.3. The van der Waals surface area contributed by atoms with E-state index in [-0.39, 0.29) is 18.5 Å². The summed E-state index contributed by atoms with van der Waals surface area (Å²) in [5.74, 6) is 1.59. The van der Waals surface area contributed by atoms with Crippen LogP contribution in [0.1, 0.15) is 39.2 Å². The number of carbonyl (C=O) groups excluding carboxylic acids is 2. The summed E-state index contributed by atoms with van der Waals surface area (Å²) in [6, 6.07) is 5.58. The van der Waals surface area contributed by atoms with Crippen LogP contribution in [0.25, 0.3) is 0 Å². The Kier molecular flexibility index (Phi) is 8.96. The zero-order chi connectivity index (χ0) is 22.3. The molecule has 0 spiro atoms. The lowest BCUT2D eigenvalue weighted by atomic mass is 9.94. The van der Waals surface area contributed by atoms with Crippen molar-refractivity contribution in [3.05, 3.63) is 23.8 Å². The van der Waals surface area contributed by atoms with E-state index in [4.69, 9.17) is 4.74 Å². The van der Waals surface area contributed by atoms with Crippen LogP contribution in [-0.4, -0.2) is 68.1 Å². The van der Waals surface area contributed by atoms with E-state index in [1.807, 2.05) is 19.1 Å². The second-order valence-corrected chi connectivity index (χ2v) is 8.94. The Labute approximate surface area is 181 Å². The molecule has 3 amide bonds. The molecular weight excluding hydrogens is 380 g/mol. The van der Waals surface area contributed by atoms with Crippen LogP contribution in [0.15, 0.2) is 18.2 Å². The summed E-state index contributed by atoms with van der Waals surface area (Å²) in [6.07, 6.45) is 2.43. The lowest BCUT2D eigenvalue weighted by molar-refractivity contribution is -0.130. The van der Waals surface area contributed by atoms with Crippen LogP contribution in [0.2, 0.25) is 0 Å². The van der Waals surface area contributed by atoms with Gasteiger partial charge >= 0.3 is 6.03 Å². The third kappa shape index (κ3) is 7.20. The van der Waals surface area contributed by atoms with E-state index in [0.717, 1.165) is 24.6 Å². The number of nitrogens with zero attached hydrogens (tertiary/aromatic N) is 2. The molecule has 1 heterocycles. The van der Waals surface area contributed by atoms with Gasteiger partial charge in [0.2, 0.25) is 0 Å². The standard InChI is InChI=1S/C23H38N4O3/c1-16(2)20(27-11-9-17(3)10-12-27)14-24-23(29)25-19-8-7-18(4)13-21(19)30-15-22(28)26(5)6/h7-8,13,16-17,20H,9-12,14-15H2,1-6H3,(H2,24,25,29). The molecule has 0 saturated carbocycles. The summed E-state index contributed by atoms with van der Waals surface area (Å²) < 4.78 is 5.67.